The molecule has 6 nitrogen and oxygen atoms in total. The van der Waals surface area contributed by atoms with E-state index in [9.17, 15) is 14.7 Å². The van der Waals surface area contributed by atoms with Gasteiger partial charge in [0, 0.05) is 13.1 Å². The monoisotopic (exact) mass is 250 g/mol. The van der Waals surface area contributed by atoms with Crippen LogP contribution in [0, 0.1) is 0 Å². The lowest BCUT2D eigenvalue weighted by Crippen LogP contribution is -2.48. The summed E-state index contributed by atoms with van der Waals surface area (Å²) in [4.78, 5) is 24.7. The number of aromatic hydroxyl groups is 1. The predicted octanol–water partition coefficient (Wildman–Crippen LogP) is 0.252. The first kappa shape index (κ1) is 12.2. The van der Waals surface area contributed by atoms with E-state index in [2.05, 4.69) is 5.32 Å². The van der Waals surface area contributed by atoms with Crippen molar-refractivity contribution in [3.63, 3.8) is 0 Å². The molecule has 1 aromatic rings. The van der Waals surface area contributed by atoms with Crippen molar-refractivity contribution in [2.24, 2.45) is 0 Å². The number of nitrogens with zero attached hydrogens (tertiary/aromatic N) is 1. The van der Waals surface area contributed by atoms with Gasteiger partial charge in [0.25, 0.3) is 5.91 Å². The van der Waals surface area contributed by atoms with Gasteiger partial charge in [0.1, 0.15) is 18.0 Å². The fraction of sp³-hybridized carbons (Fsp3) is 0.333. The Hall–Kier alpha value is -2.24. The fourth-order valence-electron chi connectivity index (χ4n) is 1.78. The predicted molar refractivity (Wildman–Crippen MR) is 64.6 cm³/mol. The minimum Gasteiger partial charge on any atom is -0.508 e. The zero-order valence-corrected chi connectivity index (χ0v) is 10.1. The van der Waals surface area contributed by atoms with Crippen LogP contribution in [0.4, 0.5) is 5.69 Å². The standard InChI is InChI=1S/C12H14N2O4/c1-7-12(17)14(6-11(16)13-2)9-4-3-8(15)5-10(9)18-7/h3-5,7,15H,6H2,1-2H3,(H,13,16). The number of benzene rings is 1. The van der Waals surface area contributed by atoms with Crippen molar-refractivity contribution in [3.8, 4) is 11.5 Å². The van der Waals surface area contributed by atoms with Gasteiger partial charge in [-0.15, -0.1) is 0 Å². The van der Waals surface area contributed by atoms with E-state index >= 15 is 0 Å². The van der Waals surface area contributed by atoms with Gasteiger partial charge in [-0.1, -0.05) is 0 Å². The normalized spacial score (nSPS) is 18.0. The second-order valence-electron chi connectivity index (χ2n) is 4.01. The minimum absolute atomic E-state index is 0.0511. The smallest absolute Gasteiger partial charge is 0.268 e. The maximum Gasteiger partial charge on any atom is 0.268 e. The van der Waals surface area contributed by atoms with Crippen molar-refractivity contribution in [1.82, 2.24) is 5.32 Å². The summed E-state index contributed by atoms with van der Waals surface area (Å²) in [6, 6.07) is 4.43. The molecule has 1 aromatic carbocycles. The topological polar surface area (TPSA) is 78.9 Å². The lowest BCUT2D eigenvalue weighted by atomic mass is 10.2. The fourth-order valence-corrected chi connectivity index (χ4v) is 1.78. The lowest BCUT2D eigenvalue weighted by Gasteiger charge is -2.32. The first-order valence-electron chi connectivity index (χ1n) is 5.54. The molecule has 1 unspecified atom stereocenters. The molecule has 0 saturated heterocycles. The quantitative estimate of drug-likeness (QED) is 0.788. The zero-order valence-electron chi connectivity index (χ0n) is 10.1. The van der Waals surface area contributed by atoms with Crippen LogP contribution in [-0.2, 0) is 9.59 Å². The summed E-state index contributed by atoms with van der Waals surface area (Å²) < 4.78 is 5.39. The maximum absolute atomic E-state index is 12.0. The van der Waals surface area contributed by atoms with Crippen molar-refractivity contribution >= 4 is 17.5 Å². The van der Waals surface area contributed by atoms with Crippen LogP contribution in [0.2, 0.25) is 0 Å². The number of hydrogen-bond donors (Lipinski definition) is 2. The van der Waals surface area contributed by atoms with Gasteiger partial charge < -0.3 is 15.2 Å². The van der Waals surface area contributed by atoms with Gasteiger partial charge in [-0.25, -0.2) is 0 Å². The van der Waals surface area contributed by atoms with Crippen LogP contribution in [0.25, 0.3) is 0 Å². The number of phenols is 1. The van der Waals surface area contributed by atoms with Gasteiger partial charge in [-0.05, 0) is 19.1 Å². The van der Waals surface area contributed by atoms with Crippen LogP contribution < -0.4 is 15.0 Å². The molecule has 2 rings (SSSR count). The number of carbonyl (C=O) groups is 2. The average molecular weight is 250 g/mol. The Morgan fingerprint density at radius 3 is 2.94 bits per heavy atom. The van der Waals surface area contributed by atoms with Crippen LogP contribution in [0.1, 0.15) is 6.92 Å². The zero-order chi connectivity index (χ0) is 13.3. The number of fused-ring (bicyclic) bond motifs is 1. The van der Waals surface area contributed by atoms with E-state index in [1.165, 1.54) is 24.1 Å². The van der Waals surface area contributed by atoms with Crippen LogP contribution in [0.15, 0.2) is 18.2 Å². The number of amides is 2. The number of phenolic OH excluding ortho intramolecular Hbond substituents is 1. The van der Waals surface area contributed by atoms with Crippen LogP contribution in [-0.4, -0.2) is 36.6 Å². The highest BCUT2D eigenvalue weighted by molar-refractivity contribution is 6.03. The number of rotatable bonds is 2. The van der Waals surface area contributed by atoms with E-state index in [1.54, 1.807) is 13.0 Å². The van der Waals surface area contributed by atoms with Gasteiger partial charge in [-0.2, -0.15) is 0 Å². The Balaban J connectivity index is 2.39. The third-order valence-electron chi connectivity index (χ3n) is 2.73. The molecule has 2 amide bonds. The van der Waals surface area contributed by atoms with E-state index < -0.39 is 6.10 Å². The van der Waals surface area contributed by atoms with Gasteiger partial charge in [-0.3, -0.25) is 14.5 Å². The summed E-state index contributed by atoms with van der Waals surface area (Å²) >= 11 is 0. The first-order valence-corrected chi connectivity index (χ1v) is 5.54. The molecule has 1 aliphatic rings. The van der Waals surface area contributed by atoms with E-state index in [0.717, 1.165) is 0 Å². The Labute approximate surface area is 104 Å². The highest BCUT2D eigenvalue weighted by Gasteiger charge is 2.32. The maximum atomic E-state index is 12.0. The molecular weight excluding hydrogens is 236 g/mol. The van der Waals surface area contributed by atoms with Crippen molar-refractivity contribution in [3.05, 3.63) is 18.2 Å². The summed E-state index contributed by atoms with van der Waals surface area (Å²) in [6.07, 6.45) is -0.677. The molecule has 96 valence electrons. The number of hydrogen-bond acceptors (Lipinski definition) is 4. The Bertz CT molecular complexity index is 501. The van der Waals surface area contributed by atoms with Crippen LogP contribution in [0.3, 0.4) is 0 Å². The summed E-state index contributed by atoms with van der Waals surface area (Å²) in [6.45, 7) is 1.53. The molecule has 18 heavy (non-hydrogen) atoms. The van der Waals surface area contributed by atoms with Gasteiger partial charge in [0.2, 0.25) is 5.91 Å². The highest BCUT2D eigenvalue weighted by Crippen LogP contribution is 2.36. The largest absolute Gasteiger partial charge is 0.508 e. The summed E-state index contributed by atoms with van der Waals surface area (Å²) in [5, 5.41) is 11.9. The summed E-state index contributed by atoms with van der Waals surface area (Å²) in [7, 11) is 1.51. The van der Waals surface area contributed by atoms with Crippen molar-refractivity contribution in [1.29, 1.82) is 0 Å². The average Bonchev–Trinajstić information content (AvgIpc) is 2.34. The summed E-state index contributed by atoms with van der Waals surface area (Å²) in [5.41, 5.74) is 0.486. The SMILES string of the molecule is CNC(=O)CN1C(=O)C(C)Oc2cc(O)ccc21. The molecule has 0 radical (unpaired) electrons. The second-order valence-corrected chi connectivity index (χ2v) is 4.01. The molecule has 0 fully saturated rings. The first-order chi connectivity index (χ1) is 8.52. The molecular formula is C12H14N2O4. The van der Waals surface area contributed by atoms with E-state index in [4.69, 9.17) is 4.74 Å². The van der Waals surface area contributed by atoms with E-state index in [-0.39, 0.29) is 24.1 Å². The van der Waals surface area contributed by atoms with Gasteiger partial charge in [0.15, 0.2) is 6.10 Å². The molecule has 1 heterocycles. The molecule has 1 atom stereocenters. The van der Waals surface area contributed by atoms with Crippen LogP contribution in [0.5, 0.6) is 11.5 Å². The minimum atomic E-state index is -0.677. The lowest BCUT2D eigenvalue weighted by molar-refractivity contribution is -0.128. The molecule has 0 aromatic heterocycles. The molecule has 2 N–H and O–H groups in total. The number of carbonyl (C=O) groups excluding carboxylic acids is 2. The molecule has 0 bridgehead atoms. The Morgan fingerprint density at radius 2 is 2.28 bits per heavy atom. The van der Waals surface area contributed by atoms with Crippen LogP contribution >= 0.6 is 0 Å². The highest BCUT2D eigenvalue weighted by atomic mass is 16.5. The van der Waals surface area contributed by atoms with Gasteiger partial charge in [0.05, 0.1) is 5.69 Å². The molecule has 0 aliphatic carbocycles. The Morgan fingerprint density at radius 1 is 1.56 bits per heavy atom. The molecule has 6 heteroatoms. The van der Waals surface area contributed by atoms with Crippen molar-refractivity contribution < 1.29 is 19.4 Å². The van der Waals surface area contributed by atoms with E-state index in [0.29, 0.717) is 11.4 Å². The molecule has 1 aliphatic heterocycles. The van der Waals surface area contributed by atoms with E-state index in [1.807, 2.05) is 0 Å². The van der Waals surface area contributed by atoms with Gasteiger partial charge >= 0.3 is 0 Å². The van der Waals surface area contributed by atoms with Crippen molar-refractivity contribution in [2.45, 2.75) is 13.0 Å². The number of likely N-dealkylation sites (N-methyl/N-ethyl adjacent to an activating group) is 1. The number of anilines is 1. The Kier molecular flexibility index (Phi) is 3.10. The van der Waals surface area contributed by atoms with Crippen molar-refractivity contribution in [2.75, 3.05) is 18.5 Å². The third-order valence-corrected chi connectivity index (χ3v) is 2.73. The number of ether oxygens (including phenoxy) is 1. The summed E-state index contributed by atoms with van der Waals surface area (Å²) in [5.74, 6) is -0.102. The number of nitrogens with one attached hydrogen (secondary N) is 1. The molecule has 0 spiro atoms. The third kappa shape index (κ3) is 2.09. The molecule has 0 saturated carbocycles. The second kappa shape index (κ2) is 4.56.